The lowest BCUT2D eigenvalue weighted by Gasteiger charge is -2.40. The van der Waals surface area contributed by atoms with Crippen molar-refractivity contribution in [3.63, 3.8) is 0 Å². The first-order valence-electron chi connectivity index (χ1n) is 8.97. The summed E-state index contributed by atoms with van der Waals surface area (Å²) in [5, 5.41) is 0. The first-order valence-corrected chi connectivity index (χ1v) is 8.97. The third-order valence-corrected chi connectivity index (χ3v) is 6.62. The van der Waals surface area contributed by atoms with Crippen LogP contribution in [0.1, 0.15) is 84.0 Å². The molecule has 3 saturated carbocycles. The Kier molecular flexibility index (Phi) is 4.22. The number of hydrogen-bond acceptors (Lipinski definition) is 1. The summed E-state index contributed by atoms with van der Waals surface area (Å²) in [5.41, 5.74) is 6.98. The Bertz CT molecular complexity index is 290. The van der Waals surface area contributed by atoms with Crippen LogP contribution in [0.25, 0.3) is 0 Å². The summed E-state index contributed by atoms with van der Waals surface area (Å²) in [6.45, 7) is 2.31. The number of fused-ring (bicyclic) bond motifs is 2. The number of rotatable bonds is 5. The van der Waals surface area contributed by atoms with Crippen molar-refractivity contribution in [3.05, 3.63) is 0 Å². The quantitative estimate of drug-likeness (QED) is 0.751. The van der Waals surface area contributed by atoms with Crippen molar-refractivity contribution in [2.24, 2.45) is 29.4 Å². The highest BCUT2D eigenvalue weighted by Gasteiger charge is 2.43. The van der Waals surface area contributed by atoms with E-state index < -0.39 is 0 Å². The van der Waals surface area contributed by atoms with Crippen molar-refractivity contribution in [1.29, 1.82) is 0 Å². The number of nitrogens with two attached hydrogens (primary N) is 1. The average molecular weight is 263 g/mol. The molecule has 1 heteroatoms. The molecule has 2 N–H and O–H groups in total. The molecule has 3 aliphatic rings. The molecule has 0 aromatic carbocycles. The lowest BCUT2D eigenvalue weighted by Crippen LogP contribution is -2.45. The van der Waals surface area contributed by atoms with Gasteiger partial charge in [0.1, 0.15) is 0 Å². The SMILES string of the molecule is CCCCC1CCC(N)(CC2CC3CCC2C3)CC1. The second kappa shape index (κ2) is 5.76. The zero-order valence-corrected chi connectivity index (χ0v) is 12.9. The maximum Gasteiger partial charge on any atom is 0.0157 e. The summed E-state index contributed by atoms with van der Waals surface area (Å²) in [4.78, 5) is 0. The van der Waals surface area contributed by atoms with Crippen LogP contribution in [0.3, 0.4) is 0 Å². The van der Waals surface area contributed by atoms with E-state index in [4.69, 9.17) is 5.73 Å². The van der Waals surface area contributed by atoms with E-state index in [1.807, 2.05) is 0 Å². The molecule has 110 valence electrons. The first kappa shape index (κ1) is 13.9. The second-order valence-electron chi connectivity index (χ2n) is 8.09. The summed E-state index contributed by atoms with van der Waals surface area (Å²) in [6, 6.07) is 0. The topological polar surface area (TPSA) is 26.0 Å². The van der Waals surface area contributed by atoms with Gasteiger partial charge >= 0.3 is 0 Å². The van der Waals surface area contributed by atoms with Gasteiger partial charge in [-0.25, -0.2) is 0 Å². The zero-order valence-electron chi connectivity index (χ0n) is 12.9. The Morgan fingerprint density at radius 3 is 2.42 bits per heavy atom. The van der Waals surface area contributed by atoms with Crippen LogP contribution in [0.4, 0.5) is 0 Å². The number of unbranched alkanes of at least 4 members (excludes halogenated alkanes) is 1. The molecule has 0 heterocycles. The fraction of sp³-hybridized carbons (Fsp3) is 1.00. The number of hydrogen-bond donors (Lipinski definition) is 1. The summed E-state index contributed by atoms with van der Waals surface area (Å²) in [7, 11) is 0. The smallest absolute Gasteiger partial charge is 0.0157 e. The van der Waals surface area contributed by atoms with E-state index in [2.05, 4.69) is 6.92 Å². The lowest BCUT2D eigenvalue weighted by atomic mass is 9.69. The average Bonchev–Trinajstić information content (AvgIpc) is 3.00. The molecule has 0 radical (unpaired) electrons. The van der Waals surface area contributed by atoms with Gasteiger partial charge in [0.15, 0.2) is 0 Å². The molecule has 3 unspecified atom stereocenters. The predicted octanol–water partition coefficient (Wildman–Crippen LogP) is 4.89. The van der Waals surface area contributed by atoms with E-state index in [9.17, 15) is 0 Å². The minimum absolute atomic E-state index is 0.220. The highest BCUT2D eigenvalue weighted by Crippen LogP contribution is 2.52. The first-order chi connectivity index (χ1) is 9.18. The van der Waals surface area contributed by atoms with E-state index in [1.165, 1.54) is 70.6 Å². The molecule has 1 nitrogen and oxygen atoms in total. The van der Waals surface area contributed by atoms with Crippen LogP contribution < -0.4 is 5.73 Å². The van der Waals surface area contributed by atoms with Gasteiger partial charge in [-0.2, -0.15) is 0 Å². The van der Waals surface area contributed by atoms with Crippen molar-refractivity contribution in [1.82, 2.24) is 0 Å². The van der Waals surface area contributed by atoms with Crippen molar-refractivity contribution in [3.8, 4) is 0 Å². The molecule has 0 aromatic rings. The van der Waals surface area contributed by atoms with Gasteiger partial charge in [0.2, 0.25) is 0 Å². The molecule has 3 atom stereocenters. The molecule has 0 aliphatic heterocycles. The standard InChI is InChI=1S/C18H33N/c1-2-3-4-14-7-9-18(19,10-8-14)13-17-12-15-5-6-16(17)11-15/h14-17H,2-13,19H2,1H3. The highest BCUT2D eigenvalue weighted by atomic mass is 14.8. The van der Waals surface area contributed by atoms with Crippen molar-refractivity contribution >= 4 is 0 Å². The van der Waals surface area contributed by atoms with E-state index in [0.29, 0.717) is 0 Å². The van der Waals surface area contributed by atoms with Gasteiger partial charge in [0.25, 0.3) is 0 Å². The van der Waals surface area contributed by atoms with E-state index in [1.54, 1.807) is 6.42 Å². The van der Waals surface area contributed by atoms with Crippen molar-refractivity contribution in [2.45, 2.75) is 89.5 Å². The zero-order chi connectivity index (χ0) is 13.3. The van der Waals surface area contributed by atoms with Crippen LogP contribution in [0, 0.1) is 23.7 Å². The van der Waals surface area contributed by atoms with Gasteiger partial charge in [0, 0.05) is 5.54 Å². The van der Waals surface area contributed by atoms with Crippen molar-refractivity contribution < 1.29 is 0 Å². The van der Waals surface area contributed by atoms with Crippen LogP contribution in [0.15, 0.2) is 0 Å². The predicted molar refractivity (Wildman–Crippen MR) is 82.0 cm³/mol. The molecule has 0 spiro atoms. The highest BCUT2D eigenvalue weighted by molar-refractivity contribution is 4.97. The normalized spacial score (nSPS) is 45.8. The Morgan fingerprint density at radius 2 is 1.84 bits per heavy atom. The Balaban J connectivity index is 1.46. The Morgan fingerprint density at radius 1 is 1.05 bits per heavy atom. The van der Waals surface area contributed by atoms with Crippen LogP contribution >= 0.6 is 0 Å². The lowest BCUT2D eigenvalue weighted by molar-refractivity contribution is 0.164. The third kappa shape index (κ3) is 3.17. The van der Waals surface area contributed by atoms with Gasteiger partial charge in [-0.15, -0.1) is 0 Å². The van der Waals surface area contributed by atoms with Crippen molar-refractivity contribution in [2.75, 3.05) is 0 Å². The van der Waals surface area contributed by atoms with Crippen LogP contribution in [0.2, 0.25) is 0 Å². The molecular formula is C18H33N. The molecule has 3 rings (SSSR count). The van der Waals surface area contributed by atoms with E-state index in [0.717, 1.165) is 23.7 Å². The molecule has 19 heavy (non-hydrogen) atoms. The van der Waals surface area contributed by atoms with Crippen LogP contribution in [-0.4, -0.2) is 5.54 Å². The molecule has 0 amide bonds. The van der Waals surface area contributed by atoms with Crippen LogP contribution in [0.5, 0.6) is 0 Å². The monoisotopic (exact) mass is 263 g/mol. The largest absolute Gasteiger partial charge is 0.325 e. The van der Waals surface area contributed by atoms with Gasteiger partial charge in [-0.05, 0) is 75.0 Å². The summed E-state index contributed by atoms with van der Waals surface area (Å²) in [6.07, 6.45) is 17.2. The Labute approximate surface area is 119 Å². The molecule has 0 aromatic heterocycles. The third-order valence-electron chi connectivity index (χ3n) is 6.62. The van der Waals surface area contributed by atoms with Gasteiger partial charge < -0.3 is 5.73 Å². The van der Waals surface area contributed by atoms with E-state index >= 15 is 0 Å². The minimum atomic E-state index is 0.220. The molecule has 3 fully saturated rings. The second-order valence-corrected chi connectivity index (χ2v) is 8.09. The maximum absolute atomic E-state index is 6.76. The van der Waals surface area contributed by atoms with Gasteiger partial charge in [-0.1, -0.05) is 32.6 Å². The van der Waals surface area contributed by atoms with Crippen LogP contribution in [-0.2, 0) is 0 Å². The molecule has 0 saturated heterocycles. The van der Waals surface area contributed by atoms with Gasteiger partial charge in [0.05, 0.1) is 0 Å². The minimum Gasteiger partial charge on any atom is -0.325 e. The fourth-order valence-electron chi connectivity index (χ4n) is 5.39. The fourth-order valence-corrected chi connectivity index (χ4v) is 5.39. The molecular weight excluding hydrogens is 230 g/mol. The summed E-state index contributed by atoms with van der Waals surface area (Å²) in [5.74, 6) is 4.13. The maximum atomic E-state index is 6.76. The molecule has 3 aliphatic carbocycles. The van der Waals surface area contributed by atoms with E-state index in [-0.39, 0.29) is 5.54 Å². The van der Waals surface area contributed by atoms with Gasteiger partial charge in [-0.3, -0.25) is 0 Å². The Hall–Kier alpha value is -0.0400. The summed E-state index contributed by atoms with van der Waals surface area (Å²) >= 11 is 0. The summed E-state index contributed by atoms with van der Waals surface area (Å²) < 4.78 is 0. The molecule has 2 bridgehead atoms.